The first-order valence-electron chi connectivity index (χ1n) is 2.46. The van der Waals surface area contributed by atoms with Gasteiger partial charge in [0.2, 0.25) is 0 Å². The van der Waals surface area contributed by atoms with Crippen molar-refractivity contribution in [1.82, 2.24) is 0 Å². The van der Waals surface area contributed by atoms with Crippen LogP contribution in [-0.2, 0) is 4.74 Å². The Morgan fingerprint density at radius 2 is 2.14 bits per heavy atom. The van der Waals surface area contributed by atoms with Crippen LogP contribution in [0, 0.1) is 0 Å². The largest absolute Gasteiger partial charge is 0.364 e. The minimum absolute atomic E-state index is 0.417. The van der Waals surface area contributed by atoms with E-state index in [1.54, 1.807) is 7.11 Å². The quantitative estimate of drug-likeness (QED) is 0.522. The maximum absolute atomic E-state index is 5.49. The van der Waals surface area contributed by atoms with Crippen LogP contribution in [-0.4, -0.2) is 12.8 Å². The van der Waals surface area contributed by atoms with E-state index >= 15 is 0 Å². The average Bonchev–Trinajstić information content (AvgIpc) is 1.68. The van der Waals surface area contributed by atoms with Crippen molar-refractivity contribution in [2.75, 3.05) is 7.11 Å². The predicted molar refractivity (Wildman–Crippen MR) is 29.9 cm³/mol. The summed E-state index contributed by atoms with van der Waals surface area (Å²) in [5.74, 6) is 0. The molecule has 0 spiro atoms. The summed E-state index contributed by atoms with van der Waals surface area (Å²) in [5.41, 5.74) is 5.08. The standard InChI is InChI=1S/C5H13NO/c1-4-5(2,6)7-3/h4,6H2,1-3H3/t5-/m1/s1. The van der Waals surface area contributed by atoms with Crippen LogP contribution in [0.2, 0.25) is 0 Å². The highest BCUT2D eigenvalue weighted by molar-refractivity contribution is 4.60. The van der Waals surface area contributed by atoms with Crippen molar-refractivity contribution in [1.29, 1.82) is 0 Å². The molecule has 2 N–H and O–H groups in total. The molecule has 0 heterocycles. The van der Waals surface area contributed by atoms with Crippen molar-refractivity contribution in [3.63, 3.8) is 0 Å². The molecule has 2 heteroatoms. The van der Waals surface area contributed by atoms with Gasteiger partial charge in [0.15, 0.2) is 0 Å². The van der Waals surface area contributed by atoms with Gasteiger partial charge in [-0.15, -0.1) is 0 Å². The van der Waals surface area contributed by atoms with Gasteiger partial charge >= 0.3 is 0 Å². The SMILES string of the molecule is CC[C@](C)(N)OC. The van der Waals surface area contributed by atoms with Crippen molar-refractivity contribution in [3.05, 3.63) is 0 Å². The lowest BCUT2D eigenvalue weighted by Crippen LogP contribution is -2.36. The first kappa shape index (κ1) is 6.92. The van der Waals surface area contributed by atoms with E-state index in [0.717, 1.165) is 6.42 Å². The molecule has 0 aromatic carbocycles. The molecule has 2 nitrogen and oxygen atoms in total. The zero-order valence-electron chi connectivity index (χ0n) is 5.19. The predicted octanol–water partition coefficient (Wildman–Crippen LogP) is 0.718. The van der Waals surface area contributed by atoms with E-state index < -0.39 is 5.72 Å². The number of methoxy groups -OCH3 is 1. The van der Waals surface area contributed by atoms with E-state index in [0.29, 0.717) is 0 Å². The van der Waals surface area contributed by atoms with E-state index in [4.69, 9.17) is 10.5 Å². The Balaban J connectivity index is 3.36. The number of hydrogen-bond donors (Lipinski definition) is 1. The lowest BCUT2D eigenvalue weighted by Gasteiger charge is -2.19. The Morgan fingerprint density at radius 1 is 1.71 bits per heavy atom. The van der Waals surface area contributed by atoms with Gasteiger partial charge in [-0.3, -0.25) is 0 Å². The Bertz CT molecular complexity index is 46.0. The summed E-state index contributed by atoms with van der Waals surface area (Å²) < 4.78 is 4.86. The zero-order valence-corrected chi connectivity index (χ0v) is 5.19. The minimum Gasteiger partial charge on any atom is -0.364 e. The van der Waals surface area contributed by atoms with Gasteiger partial charge < -0.3 is 10.5 Å². The molecule has 7 heavy (non-hydrogen) atoms. The third kappa shape index (κ3) is 2.60. The van der Waals surface area contributed by atoms with Crippen molar-refractivity contribution in [3.8, 4) is 0 Å². The summed E-state index contributed by atoms with van der Waals surface area (Å²) in [6.45, 7) is 3.84. The second-order valence-corrected chi connectivity index (χ2v) is 1.87. The highest BCUT2D eigenvalue weighted by atomic mass is 16.5. The van der Waals surface area contributed by atoms with Crippen LogP contribution in [0.15, 0.2) is 0 Å². The fourth-order valence-corrected chi connectivity index (χ4v) is 0.144. The molecular weight excluding hydrogens is 90.1 g/mol. The van der Waals surface area contributed by atoms with Crippen molar-refractivity contribution >= 4 is 0 Å². The van der Waals surface area contributed by atoms with E-state index in [2.05, 4.69) is 0 Å². The van der Waals surface area contributed by atoms with Gasteiger partial charge in [-0.2, -0.15) is 0 Å². The fourth-order valence-electron chi connectivity index (χ4n) is 0.144. The van der Waals surface area contributed by atoms with Crippen LogP contribution >= 0.6 is 0 Å². The Labute approximate surface area is 44.7 Å². The summed E-state index contributed by atoms with van der Waals surface area (Å²) in [6, 6.07) is 0. The molecule has 0 aromatic rings. The summed E-state index contributed by atoms with van der Waals surface area (Å²) in [5, 5.41) is 0. The second-order valence-electron chi connectivity index (χ2n) is 1.87. The topological polar surface area (TPSA) is 35.2 Å². The first-order chi connectivity index (χ1) is 3.12. The first-order valence-corrected chi connectivity index (χ1v) is 2.46. The van der Waals surface area contributed by atoms with Gasteiger partial charge in [0.05, 0.1) is 0 Å². The fraction of sp³-hybridized carbons (Fsp3) is 1.00. The highest BCUT2D eigenvalue weighted by Crippen LogP contribution is 2.02. The second kappa shape index (κ2) is 2.28. The summed E-state index contributed by atoms with van der Waals surface area (Å²) in [4.78, 5) is 0. The maximum Gasteiger partial charge on any atom is 0.113 e. The minimum atomic E-state index is -0.417. The van der Waals surface area contributed by atoms with Crippen molar-refractivity contribution < 1.29 is 4.74 Å². The van der Waals surface area contributed by atoms with Gasteiger partial charge in [0.1, 0.15) is 5.72 Å². The van der Waals surface area contributed by atoms with Crippen LogP contribution in [0.1, 0.15) is 20.3 Å². The van der Waals surface area contributed by atoms with Gasteiger partial charge in [0.25, 0.3) is 0 Å². The van der Waals surface area contributed by atoms with E-state index in [-0.39, 0.29) is 0 Å². The number of rotatable bonds is 2. The summed E-state index contributed by atoms with van der Waals surface area (Å²) in [6.07, 6.45) is 0.851. The number of hydrogen-bond acceptors (Lipinski definition) is 2. The molecule has 0 amide bonds. The maximum atomic E-state index is 5.49. The number of nitrogens with two attached hydrogens (primary N) is 1. The van der Waals surface area contributed by atoms with Gasteiger partial charge in [-0.05, 0) is 13.3 Å². The zero-order chi connectivity index (χ0) is 5.91. The monoisotopic (exact) mass is 103 g/mol. The molecule has 0 radical (unpaired) electrons. The van der Waals surface area contributed by atoms with E-state index in [1.165, 1.54) is 0 Å². The van der Waals surface area contributed by atoms with E-state index in [9.17, 15) is 0 Å². The van der Waals surface area contributed by atoms with Crippen LogP contribution in [0.4, 0.5) is 0 Å². The van der Waals surface area contributed by atoms with E-state index in [1.807, 2.05) is 13.8 Å². The third-order valence-electron chi connectivity index (χ3n) is 1.17. The molecule has 0 aromatic heterocycles. The highest BCUT2D eigenvalue weighted by Gasteiger charge is 2.11. The lowest BCUT2D eigenvalue weighted by molar-refractivity contribution is 0.00857. The molecular formula is C5H13NO. The van der Waals surface area contributed by atoms with Gasteiger partial charge in [-0.25, -0.2) is 0 Å². The Morgan fingerprint density at radius 3 is 2.14 bits per heavy atom. The molecule has 0 saturated heterocycles. The molecule has 0 aliphatic heterocycles. The molecule has 0 aliphatic rings. The molecule has 0 rings (SSSR count). The molecule has 0 saturated carbocycles. The van der Waals surface area contributed by atoms with Crippen molar-refractivity contribution in [2.24, 2.45) is 5.73 Å². The van der Waals surface area contributed by atoms with Crippen LogP contribution in [0.25, 0.3) is 0 Å². The molecule has 0 unspecified atom stereocenters. The summed E-state index contributed by atoms with van der Waals surface area (Å²) >= 11 is 0. The number of ether oxygens (including phenoxy) is 1. The van der Waals surface area contributed by atoms with Crippen molar-refractivity contribution in [2.45, 2.75) is 26.0 Å². The normalized spacial score (nSPS) is 18.9. The lowest BCUT2D eigenvalue weighted by atomic mass is 10.2. The average molecular weight is 103 g/mol. The van der Waals surface area contributed by atoms with Crippen LogP contribution in [0.3, 0.4) is 0 Å². The molecule has 0 aliphatic carbocycles. The molecule has 1 atom stereocenters. The smallest absolute Gasteiger partial charge is 0.113 e. The van der Waals surface area contributed by atoms with Gasteiger partial charge in [0, 0.05) is 7.11 Å². The van der Waals surface area contributed by atoms with Crippen LogP contribution < -0.4 is 5.73 Å². The van der Waals surface area contributed by atoms with Gasteiger partial charge in [-0.1, -0.05) is 6.92 Å². The Kier molecular flexibility index (Phi) is 2.26. The van der Waals surface area contributed by atoms with Crippen LogP contribution in [0.5, 0.6) is 0 Å². The molecule has 0 fully saturated rings. The summed E-state index contributed by atoms with van der Waals surface area (Å²) in [7, 11) is 1.61. The molecule has 44 valence electrons. The Hall–Kier alpha value is -0.0800. The third-order valence-corrected chi connectivity index (χ3v) is 1.17. The molecule has 0 bridgehead atoms.